The summed E-state index contributed by atoms with van der Waals surface area (Å²) in [4.78, 5) is 9.52. The number of hydrogen-bond acceptors (Lipinski definition) is 4. The zero-order chi connectivity index (χ0) is 21.5. The Morgan fingerprint density at radius 1 is 1.10 bits per heavy atom. The van der Waals surface area contributed by atoms with Crippen molar-refractivity contribution >= 4 is 11.6 Å². The van der Waals surface area contributed by atoms with E-state index in [0.717, 1.165) is 50.9 Å². The maximum Gasteiger partial charge on any atom is 0.191 e. The van der Waals surface area contributed by atoms with E-state index in [1.165, 1.54) is 24.1 Å². The summed E-state index contributed by atoms with van der Waals surface area (Å²) in [6.07, 6.45) is 3.65. The van der Waals surface area contributed by atoms with Crippen LogP contribution >= 0.6 is 0 Å². The number of likely N-dealkylation sites (tertiary alicyclic amines) is 1. The fourth-order valence-electron chi connectivity index (χ4n) is 4.69. The molecule has 0 aromatic heterocycles. The van der Waals surface area contributed by atoms with Crippen LogP contribution in [-0.2, 0) is 0 Å². The normalized spacial score (nSPS) is 20.6. The minimum absolute atomic E-state index is 0.306. The molecule has 2 aliphatic heterocycles. The number of para-hydroxylation sites is 1. The number of nitrogens with zero attached hydrogens (tertiary/aromatic N) is 3. The number of anilines is 1. The molecule has 0 bridgehead atoms. The summed E-state index contributed by atoms with van der Waals surface area (Å²) < 4.78 is 5.47. The first-order chi connectivity index (χ1) is 15.3. The van der Waals surface area contributed by atoms with Crippen molar-refractivity contribution in [1.29, 1.82) is 0 Å². The van der Waals surface area contributed by atoms with Crippen LogP contribution in [0, 0.1) is 0 Å². The van der Waals surface area contributed by atoms with Crippen LogP contribution in [0.25, 0.3) is 0 Å². The van der Waals surface area contributed by atoms with Gasteiger partial charge in [-0.1, -0.05) is 30.3 Å². The Hall–Kier alpha value is -2.73. The molecule has 2 saturated heterocycles. The summed E-state index contributed by atoms with van der Waals surface area (Å²) in [5.41, 5.74) is 2.59. The number of rotatable bonds is 7. The number of guanidine groups is 1. The number of hydrogen-bond donors (Lipinski definition) is 2. The molecule has 6 nitrogen and oxygen atoms in total. The highest BCUT2D eigenvalue weighted by atomic mass is 16.5. The van der Waals surface area contributed by atoms with E-state index >= 15 is 0 Å². The average Bonchev–Trinajstić information content (AvgIpc) is 3.52. The third-order valence-electron chi connectivity index (χ3n) is 6.40. The Balaban J connectivity index is 1.36. The zero-order valence-electron chi connectivity index (χ0n) is 18.8. The van der Waals surface area contributed by atoms with Crippen molar-refractivity contribution in [3.8, 4) is 5.75 Å². The molecule has 0 amide bonds. The molecule has 31 heavy (non-hydrogen) atoms. The lowest BCUT2D eigenvalue weighted by Gasteiger charge is -2.29. The second kappa shape index (κ2) is 10.5. The average molecular weight is 422 g/mol. The maximum atomic E-state index is 5.47. The zero-order valence-corrected chi connectivity index (χ0v) is 18.8. The first-order valence-electron chi connectivity index (χ1n) is 11.4. The predicted octanol–water partition coefficient (Wildman–Crippen LogP) is 3.28. The van der Waals surface area contributed by atoms with Crippen LogP contribution in [0.5, 0.6) is 5.75 Å². The number of methoxy groups -OCH3 is 1. The van der Waals surface area contributed by atoms with Gasteiger partial charge < -0.3 is 20.3 Å². The Morgan fingerprint density at radius 3 is 2.65 bits per heavy atom. The fourth-order valence-corrected chi connectivity index (χ4v) is 4.69. The molecular weight excluding hydrogens is 386 g/mol. The first-order valence-corrected chi connectivity index (χ1v) is 11.4. The molecule has 0 aliphatic carbocycles. The summed E-state index contributed by atoms with van der Waals surface area (Å²) >= 11 is 0. The van der Waals surface area contributed by atoms with E-state index in [0.29, 0.717) is 12.1 Å². The highest BCUT2D eigenvalue weighted by Gasteiger charge is 2.26. The molecule has 2 aromatic carbocycles. The van der Waals surface area contributed by atoms with E-state index < -0.39 is 0 Å². The van der Waals surface area contributed by atoms with Crippen molar-refractivity contribution < 1.29 is 4.74 Å². The summed E-state index contributed by atoms with van der Waals surface area (Å²) in [5, 5.41) is 7.24. The van der Waals surface area contributed by atoms with E-state index in [4.69, 9.17) is 4.74 Å². The number of benzene rings is 2. The molecular formula is C25H35N5O. The molecule has 2 unspecified atom stereocenters. The van der Waals surface area contributed by atoms with E-state index in [2.05, 4.69) is 74.0 Å². The second-order valence-corrected chi connectivity index (χ2v) is 8.40. The highest BCUT2D eigenvalue weighted by Crippen LogP contribution is 2.27. The lowest BCUT2D eigenvalue weighted by molar-refractivity contribution is 0.244. The van der Waals surface area contributed by atoms with Gasteiger partial charge in [-0.05, 0) is 62.2 Å². The fraction of sp³-hybridized carbons (Fsp3) is 0.480. The summed E-state index contributed by atoms with van der Waals surface area (Å²) in [6, 6.07) is 19.8. The highest BCUT2D eigenvalue weighted by molar-refractivity contribution is 5.80. The molecule has 2 aliphatic rings. The lowest BCUT2D eigenvalue weighted by atomic mass is 10.1. The molecule has 2 fully saturated rings. The van der Waals surface area contributed by atoms with Gasteiger partial charge in [0, 0.05) is 38.4 Å². The van der Waals surface area contributed by atoms with Gasteiger partial charge >= 0.3 is 0 Å². The monoisotopic (exact) mass is 421 g/mol. The molecule has 0 radical (unpaired) electrons. The molecule has 0 saturated carbocycles. The van der Waals surface area contributed by atoms with Gasteiger partial charge in [0.1, 0.15) is 5.75 Å². The van der Waals surface area contributed by atoms with Gasteiger partial charge in [-0.3, -0.25) is 9.89 Å². The number of nitrogens with one attached hydrogen (secondary N) is 2. The summed E-state index contributed by atoms with van der Waals surface area (Å²) in [5.74, 6) is 1.79. The maximum absolute atomic E-state index is 5.47. The Bertz CT molecular complexity index is 850. The van der Waals surface area contributed by atoms with Crippen LogP contribution < -0.4 is 20.3 Å². The Labute approximate surface area is 186 Å². The topological polar surface area (TPSA) is 52.1 Å². The van der Waals surface area contributed by atoms with Gasteiger partial charge in [-0.15, -0.1) is 0 Å². The molecule has 2 heterocycles. The molecule has 4 rings (SSSR count). The number of ether oxygens (including phenoxy) is 1. The minimum Gasteiger partial charge on any atom is -0.497 e. The van der Waals surface area contributed by atoms with E-state index in [9.17, 15) is 0 Å². The van der Waals surface area contributed by atoms with Gasteiger partial charge in [-0.25, -0.2) is 0 Å². The Kier molecular flexibility index (Phi) is 7.30. The van der Waals surface area contributed by atoms with Gasteiger partial charge in [0.25, 0.3) is 0 Å². The van der Waals surface area contributed by atoms with Gasteiger partial charge in [0.2, 0.25) is 0 Å². The summed E-state index contributed by atoms with van der Waals surface area (Å²) in [6.45, 7) is 5.17. The SMILES string of the molecule is CN=C(NCC(c1cccc(OC)c1)N1CCCC1)NC1CCN(c2ccccc2)C1. The third kappa shape index (κ3) is 5.50. The van der Waals surface area contributed by atoms with E-state index in [-0.39, 0.29) is 0 Å². The lowest BCUT2D eigenvalue weighted by Crippen LogP contribution is -2.47. The molecule has 2 N–H and O–H groups in total. The van der Waals surface area contributed by atoms with Gasteiger partial charge in [0.15, 0.2) is 5.96 Å². The summed E-state index contributed by atoms with van der Waals surface area (Å²) in [7, 11) is 3.59. The van der Waals surface area contributed by atoms with Crippen molar-refractivity contribution in [3.05, 3.63) is 60.2 Å². The van der Waals surface area contributed by atoms with Crippen molar-refractivity contribution in [2.24, 2.45) is 4.99 Å². The largest absolute Gasteiger partial charge is 0.497 e. The van der Waals surface area contributed by atoms with Crippen LogP contribution in [0.3, 0.4) is 0 Å². The minimum atomic E-state index is 0.306. The third-order valence-corrected chi connectivity index (χ3v) is 6.40. The van der Waals surface area contributed by atoms with Crippen molar-refractivity contribution in [1.82, 2.24) is 15.5 Å². The van der Waals surface area contributed by atoms with E-state index in [1.807, 2.05) is 13.1 Å². The van der Waals surface area contributed by atoms with Crippen LogP contribution in [0.2, 0.25) is 0 Å². The van der Waals surface area contributed by atoms with Crippen LogP contribution in [0.4, 0.5) is 5.69 Å². The molecule has 166 valence electrons. The predicted molar refractivity (Wildman–Crippen MR) is 128 cm³/mol. The molecule has 0 spiro atoms. The second-order valence-electron chi connectivity index (χ2n) is 8.40. The number of aliphatic imine (C=N–C) groups is 1. The molecule has 6 heteroatoms. The van der Waals surface area contributed by atoms with Crippen molar-refractivity contribution in [3.63, 3.8) is 0 Å². The first kappa shape index (κ1) is 21.5. The van der Waals surface area contributed by atoms with Gasteiger partial charge in [0.05, 0.1) is 13.2 Å². The quantitative estimate of drug-likeness (QED) is 0.531. The standard InChI is InChI=1S/C25H35N5O/c1-26-25(28-21-13-16-30(19-21)22-10-4-3-5-11-22)27-18-24(29-14-6-7-15-29)20-9-8-12-23(17-20)31-2/h3-5,8-12,17,21,24H,6-7,13-16,18-19H2,1-2H3,(H2,26,27,28). The molecule has 2 atom stereocenters. The van der Waals surface area contributed by atoms with Crippen LogP contribution in [0.15, 0.2) is 59.6 Å². The van der Waals surface area contributed by atoms with Crippen molar-refractivity contribution in [2.45, 2.75) is 31.3 Å². The van der Waals surface area contributed by atoms with E-state index in [1.54, 1.807) is 7.11 Å². The molecule has 2 aromatic rings. The Morgan fingerprint density at radius 2 is 1.90 bits per heavy atom. The van der Waals surface area contributed by atoms with Crippen molar-refractivity contribution in [2.75, 3.05) is 51.8 Å². The van der Waals surface area contributed by atoms with Gasteiger partial charge in [-0.2, -0.15) is 0 Å². The smallest absolute Gasteiger partial charge is 0.191 e. The van der Waals surface area contributed by atoms with Crippen LogP contribution in [-0.4, -0.2) is 63.8 Å². The van der Waals surface area contributed by atoms with Crippen LogP contribution in [0.1, 0.15) is 30.9 Å².